The molecule has 1 unspecified atom stereocenters. The summed E-state index contributed by atoms with van der Waals surface area (Å²) >= 11 is 0. The summed E-state index contributed by atoms with van der Waals surface area (Å²) in [6.45, 7) is 4.79. The molecule has 140 valence electrons. The zero-order chi connectivity index (χ0) is 18.2. The molecule has 1 saturated carbocycles. The van der Waals surface area contributed by atoms with Crippen LogP contribution in [-0.4, -0.2) is 0 Å². The van der Waals surface area contributed by atoms with Crippen LogP contribution in [0.5, 0.6) is 0 Å². The van der Waals surface area contributed by atoms with Gasteiger partial charge in [0.2, 0.25) is 0 Å². The second-order valence-electron chi connectivity index (χ2n) is 8.52. The monoisotopic (exact) mass is 348 g/mol. The van der Waals surface area contributed by atoms with Gasteiger partial charge in [0.1, 0.15) is 0 Å². The summed E-state index contributed by atoms with van der Waals surface area (Å²) in [5.41, 5.74) is 4.14. The highest BCUT2D eigenvalue weighted by atomic mass is 14.3. The van der Waals surface area contributed by atoms with Crippen molar-refractivity contribution >= 4 is 0 Å². The van der Waals surface area contributed by atoms with E-state index >= 15 is 0 Å². The Kier molecular flexibility index (Phi) is 7.35. The summed E-state index contributed by atoms with van der Waals surface area (Å²) < 4.78 is 0. The molecular weight excluding hydrogens is 312 g/mol. The number of benzene rings is 2. The molecule has 2 aromatic rings. The Balaban J connectivity index is 1.47. The van der Waals surface area contributed by atoms with Gasteiger partial charge < -0.3 is 0 Å². The molecule has 0 aromatic heterocycles. The van der Waals surface area contributed by atoms with Crippen LogP contribution in [0.15, 0.2) is 54.6 Å². The summed E-state index contributed by atoms with van der Waals surface area (Å²) in [6, 6.07) is 20.0. The third-order valence-electron chi connectivity index (χ3n) is 6.53. The molecule has 0 aliphatic heterocycles. The first-order valence-corrected chi connectivity index (χ1v) is 10.9. The summed E-state index contributed by atoms with van der Waals surface area (Å²) in [6.07, 6.45) is 12.8. The molecule has 0 heterocycles. The Labute approximate surface area is 161 Å². The Morgan fingerprint density at radius 3 is 2.12 bits per heavy atom. The molecule has 0 amide bonds. The lowest BCUT2D eigenvalue weighted by Gasteiger charge is -2.32. The molecule has 1 aliphatic carbocycles. The van der Waals surface area contributed by atoms with Gasteiger partial charge in [0.05, 0.1) is 0 Å². The Bertz CT molecular complexity index is 617. The van der Waals surface area contributed by atoms with E-state index in [-0.39, 0.29) is 0 Å². The molecule has 0 heteroatoms. The molecule has 0 bridgehead atoms. The topological polar surface area (TPSA) is 0 Å². The lowest BCUT2D eigenvalue weighted by Crippen LogP contribution is -2.21. The van der Waals surface area contributed by atoms with Gasteiger partial charge in [-0.3, -0.25) is 0 Å². The zero-order valence-corrected chi connectivity index (χ0v) is 16.8. The van der Waals surface area contributed by atoms with Crippen LogP contribution in [-0.2, 0) is 6.42 Å². The van der Waals surface area contributed by atoms with Gasteiger partial charge in [-0.05, 0) is 53.7 Å². The smallest absolute Gasteiger partial charge is 0.0184 e. The third kappa shape index (κ3) is 5.47. The van der Waals surface area contributed by atoms with Gasteiger partial charge in [-0.1, -0.05) is 107 Å². The van der Waals surface area contributed by atoms with Crippen molar-refractivity contribution in [3.05, 3.63) is 60.2 Å². The minimum atomic E-state index is 0.814. The third-order valence-corrected chi connectivity index (χ3v) is 6.53. The average molecular weight is 349 g/mol. The molecule has 0 nitrogen and oxygen atoms in total. The van der Waals surface area contributed by atoms with Crippen molar-refractivity contribution in [3.8, 4) is 11.1 Å². The first-order chi connectivity index (χ1) is 12.8. The van der Waals surface area contributed by atoms with Gasteiger partial charge in [-0.25, -0.2) is 0 Å². The van der Waals surface area contributed by atoms with Gasteiger partial charge in [0.25, 0.3) is 0 Å². The Morgan fingerprint density at radius 2 is 1.46 bits per heavy atom. The van der Waals surface area contributed by atoms with Gasteiger partial charge in [0, 0.05) is 0 Å². The van der Waals surface area contributed by atoms with Crippen molar-refractivity contribution in [3.63, 3.8) is 0 Å². The van der Waals surface area contributed by atoms with Gasteiger partial charge in [-0.2, -0.15) is 0 Å². The average Bonchev–Trinajstić information content (AvgIpc) is 2.70. The number of hydrogen-bond donors (Lipinski definition) is 0. The van der Waals surface area contributed by atoms with Gasteiger partial charge in [0.15, 0.2) is 0 Å². The predicted molar refractivity (Wildman–Crippen MR) is 114 cm³/mol. The highest BCUT2D eigenvalue weighted by molar-refractivity contribution is 5.63. The van der Waals surface area contributed by atoms with Crippen LogP contribution in [0.3, 0.4) is 0 Å². The fourth-order valence-electron chi connectivity index (χ4n) is 4.73. The highest BCUT2D eigenvalue weighted by Crippen LogP contribution is 2.37. The van der Waals surface area contributed by atoms with E-state index in [2.05, 4.69) is 68.4 Å². The number of unbranched alkanes of at least 4 members (excludes halogenated alkanes) is 2. The lowest BCUT2D eigenvalue weighted by atomic mass is 9.73. The number of hydrogen-bond acceptors (Lipinski definition) is 0. The maximum absolute atomic E-state index is 2.48. The molecule has 1 fully saturated rings. The van der Waals surface area contributed by atoms with E-state index in [0.29, 0.717) is 0 Å². The standard InChI is InChI=1S/C26H36/c1-3-4-6-9-22-12-16-24(17-13-22)21(2)20-23-14-18-26(19-15-23)25-10-7-5-8-11-25/h5,7-8,10-11,14-15,18-19,21-22,24H,3-4,6,9,12-13,16-17,20H2,1-2H3. The normalized spacial score (nSPS) is 21.5. The van der Waals surface area contributed by atoms with Crippen LogP contribution in [0.25, 0.3) is 11.1 Å². The van der Waals surface area contributed by atoms with E-state index in [4.69, 9.17) is 0 Å². The fourth-order valence-corrected chi connectivity index (χ4v) is 4.73. The molecule has 0 radical (unpaired) electrons. The van der Waals surface area contributed by atoms with Crippen LogP contribution in [0, 0.1) is 17.8 Å². The van der Waals surface area contributed by atoms with Crippen LogP contribution in [0.1, 0.15) is 70.8 Å². The van der Waals surface area contributed by atoms with E-state index in [9.17, 15) is 0 Å². The van der Waals surface area contributed by atoms with Crippen molar-refractivity contribution in [2.24, 2.45) is 17.8 Å². The largest absolute Gasteiger partial charge is 0.0654 e. The van der Waals surface area contributed by atoms with Crippen molar-refractivity contribution < 1.29 is 0 Å². The van der Waals surface area contributed by atoms with Crippen LogP contribution in [0.2, 0.25) is 0 Å². The molecule has 0 spiro atoms. The second-order valence-corrected chi connectivity index (χ2v) is 8.52. The highest BCUT2D eigenvalue weighted by Gasteiger charge is 2.25. The zero-order valence-electron chi connectivity index (χ0n) is 16.8. The molecule has 26 heavy (non-hydrogen) atoms. The summed E-state index contributed by atoms with van der Waals surface area (Å²) in [4.78, 5) is 0. The molecule has 3 rings (SSSR count). The van der Waals surface area contributed by atoms with Crippen LogP contribution >= 0.6 is 0 Å². The van der Waals surface area contributed by atoms with Crippen LogP contribution < -0.4 is 0 Å². The first kappa shape index (κ1) is 19.2. The summed E-state index contributed by atoms with van der Waals surface area (Å²) in [5, 5.41) is 0. The molecule has 2 aromatic carbocycles. The number of rotatable bonds is 8. The van der Waals surface area contributed by atoms with E-state index < -0.39 is 0 Å². The minimum absolute atomic E-state index is 0.814. The molecular formula is C26H36. The van der Waals surface area contributed by atoms with E-state index in [1.165, 1.54) is 74.5 Å². The second kappa shape index (κ2) is 9.95. The molecule has 1 aliphatic rings. The summed E-state index contributed by atoms with van der Waals surface area (Å²) in [5.74, 6) is 2.77. The van der Waals surface area contributed by atoms with E-state index in [0.717, 1.165) is 17.8 Å². The minimum Gasteiger partial charge on any atom is -0.0654 e. The van der Waals surface area contributed by atoms with E-state index in [1.54, 1.807) is 0 Å². The van der Waals surface area contributed by atoms with Gasteiger partial charge in [-0.15, -0.1) is 0 Å². The van der Waals surface area contributed by atoms with Crippen molar-refractivity contribution in [2.45, 2.75) is 71.6 Å². The molecule has 1 atom stereocenters. The van der Waals surface area contributed by atoms with Crippen molar-refractivity contribution in [1.82, 2.24) is 0 Å². The SMILES string of the molecule is CCCCCC1CCC(C(C)Cc2ccc(-c3ccccc3)cc2)CC1. The van der Waals surface area contributed by atoms with Crippen LogP contribution in [0.4, 0.5) is 0 Å². The predicted octanol–water partition coefficient (Wildman–Crippen LogP) is 7.92. The maximum atomic E-state index is 2.48. The van der Waals surface area contributed by atoms with Gasteiger partial charge >= 0.3 is 0 Å². The van der Waals surface area contributed by atoms with E-state index in [1.807, 2.05) is 0 Å². The Hall–Kier alpha value is -1.56. The maximum Gasteiger partial charge on any atom is -0.0184 e. The first-order valence-electron chi connectivity index (χ1n) is 10.9. The summed E-state index contributed by atoms with van der Waals surface area (Å²) in [7, 11) is 0. The fraction of sp³-hybridized carbons (Fsp3) is 0.538. The quantitative estimate of drug-likeness (QED) is 0.425. The lowest BCUT2D eigenvalue weighted by molar-refractivity contribution is 0.204. The Morgan fingerprint density at radius 1 is 0.808 bits per heavy atom. The molecule has 0 N–H and O–H groups in total. The van der Waals surface area contributed by atoms with Crippen molar-refractivity contribution in [1.29, 1.82) is 0 Å². The molecule has 0 saturated heterocycles. The van der Waals surface area contributed by atoms with Crippen molar-refractivity contribution in [2.75, 3.05) is 0 Å².